The lowest BCUT2D eigenvalue weighted by atomic mass is 9.74. The van der Waals surface area contributed by atoms with Crippen LogP contribution in [0.2, 0.25) is 0 Å². The number of carbonyl (C=O) groups is 1. The molecule has 1 aromatic carbocycles. The zero-order chi connectivity index (χ0) is 24.8. The van der Waals surface area contributed by atoms with Crippen molar-refractivity contribution in [1.82, 2.24) is 15.1 Å². The van der Waals surface area contributed by atoms with Gasteiger partial charge in [0.1, 0.15) is 17.3 Å². The maximum Gasteiger partial charge on any atom is 0.415 e. The van der Waals surface area contributed by atoms with Gasteiger partial charge >= 0.3 is 6.18 Å². The van der Waals surface area contributed by atoms with Crippen molar-refractivity contribution in [2.24, 2.45) is 0 Å². The summed E-state index contributed by atoms with van der Waals surface area (Å²) >= 11 is 5.73. The predicted molar refractivity (Wildman–Crippen MR) is 126 cm³/mol. The minimum Gasteiger partial charge on any atom is -0.490 e. The van der Waals surface area contributed by atoms with Crippen molar-refractivity contribution < 1.29 is 22.7 Å². The molecule has 6 nitrogen and oxygen atoms in total. The van der Waals surface area contributed by atoms with Crippen LogP contribution in [0.15, 0.2) is 53.9 Å². The number of nitrogens with one attached hydrogen (secondary N) is 1. The van der Waals surface area contributed by atoms with E-state index in [-0.39, 0.29) is 28.9 Å². The number of alkyl halides is 3. The third kappa shape index (κ3) is 4.05. The van der Waals surface area contributed by atoms with Crippen LogP contribution in [0.4, 0.5) is 13.2 Å². The van der Waals surface area contributed by atoms with Gasteiger partial charge in [0.15, 0.2) is 5.11 Å². The van der Waals surface area contributed by atoms with E-state index in [1.165, 1.54) is 11.1 Å². The lowest BCUT2D eigenvalue weighted by Crippen LogP contribution is -2.59. The Morgan fingerprint density at radius 1 is 1.14 bits per heavy atom. The van der Waals surface area contributed by atoms with Crippen LogP contribution in [0.5, 0.6) is 5.75 Å². The fraction of sp³-hybridized carbons (Fsp3) is 0.480. The van der Waals surface area contributed by atoms with Crippen LogP contribution in [0.25, 0.3) is 0 Å². The normalized spacial score (nSPS) is 28.1. The summed E-state index contributed by atoms with van der Waals surface area (Å²) in [7, 11) is 0. The molecule has 0 bridgehead atoms. The smallest absolute Gasteiger partial charge is 0.415 e. The van der Waals surface area contributed by atoms with Crippen LogP contribution < -0.4 is 10.1 Å². The SMILES string of the molecule is N#CC1NC=C(N2C(=O)C3(CCC3)N([C@H]3CC[C@H](Oc4ccccc4)CC3)C2=S)C=C1C(F)(F)F. The van der Waals surface area contributed by atoms with Crippen molar-refractivity contribution in [2.45, 2.75) is 74.8 Å². The Bertz CT molecular complexity index is 1120. The molecule has 4 aliphatic rings. The zero-order valence-electron chi connectivity index (χ0n) is 18.9. The van der Waals surface area contributed by atoms with Gasteiger partial charge in [0, 0.05) is 12.2 Å². The average molecular weight is 503 g/mol. The molecule has 0 aromatic heterocycles. The monoisotopic (exact) mass is 502 g/mol. The number of hydrogen-bond donors (Lipinski definition) is 1. The van der Waals surface area contributed by atoms with Crippen molar-refractivity contribution in [2.75, 3.05) is 0 Å². The Morgan fingerprint density at radius 2 is 1.83 bits per heavy atom. The number of rotatable bonds is 4. The number of ether oxygens (including phenoxy) is 1. The van der Waals surface area contributed by atoms with E-state index in [9.17, 15) is 18.0 Å². The summed E-state index contributed by atoms with van der Waals surface area (Å²) in [5.41, 5.74) is -1.81. The summed E-state index contributed by atoms with van der Waals surface area (Å²) in [6.07, 6.45) is 2.79. The number of nitriles is 1. The van der Waals surface area contributed by atoms with Crippen LogP contribution >= 0.6 is 12.2 Å². The van der Waals surface area contributed by atoms with E-state index >= 15 is 0 Å². The molecule has 2 heterocycles. The number of amides is 1. The first-order valence-electron chi connectivity index (χ1n) is 11.8. The molecule has 3 fully saturated rings. The molecule has 184 valence electrons. The summed E-state index contributed by atoms with van der Waals surface area (Å²) in [6.45, 7) is 0. The molecule has 2 aliphatic carbocycles. The maximum absolute atomic E-state index is 13.6. The van der Waals surface area contributed by atoms with Crippen LogP contribution in [-0.4, -0.2) is 50.7 Å². The van der Waals surface area contributed by atoms with E-state index in [2.05, 4.69) is 5.32 Å². The van der Waals surface area contributed by atoms with Gasteiger partial charge in [-0.3, -0.25) is 9.69 Å². The van der Waals surface area contributed by atoms with Gasteiger partial charge in [-0.05, 0) is 75.4 Å². The van der Waals surface area contributed by atoms with Gasteiger partial charge in [0.05, 0.1) is 23.4 Å². The van der Waals surface area contributed by atoms with Crippen molar-refractivity contribution in [1.29, 1.82) is 5.26 Å². The predicted octanol–water partition coefficient (Wildman–Crippen LogP) is 4.55. The van der Waals surface area contributed by atoms with Gasteiger partial charge in [0.25, 0.3) is 5.91 Å². The fourth-order valence-electron chi connectivity index (χ4n) is 5.53. The minimum atomic E-state index is -4.71. The summed E-state index contributed by atoms with van der Waals surface area (Å²) in [4.78, 5) is 16.8. The molecule has 1 atom stereocenters. The molecular formula is C25H25F3N4O2S. The minimum absolute atomic E-state index is 0.0162. The van der Waals surface area contributed by atoms with E-state index in [1.807, 2.05) is 35.2 Å². The lowest BCUT2D eigenvalue weighted by Gasteiger charge is -2.48. The Morgan fingerprint density at radius 3 is 2.40 bits per heavy atom. The Hall–Kier alpha value is -3.06. The topological polar surface area (TPSA) is 68.6 Å². The molecule has 1 spiro atoms. The fourth-order valence-corrected chi connectivity index (χ4v) is 6.04. The maximum atomic E-state index is 13.6. The van der Waals surface area contributed by atoms with Crippen molar-refractivity contribution >= 4 is 23.2 Å². The molecule has 1 N–H and O–H groups in total. The van der Waals surface area contributed by atoms with Gasteiger partial charge in [-0.15, -0.1) is 0 Å². The second kappa shape index (κ2) is 8.86. The van der Waals surface area contributed by atoms with E-state index in [0.29, 0.717) is 12.8 Å². The first kappa shape index (κ1) is 23.7. The second-order valence-electron chi connectivity index (χ2n) is 9.44. The van der Waals surface area contributed by atoms with Gasteiger partial charge in [-0.2, -0.15) is 18.4 Å². The van der Waals surface area contributed by atoms with E-state index < -0.39 is 23.3 Å². The number of carbonyl (C=O) groups excluding carboxylic acids is 1. The summed E-state index contributed by atoms with van der Waals surface area (Å²) in [5.74, 6) is 0.543. The van der Waals surface area contributed by atoms with Gasteiger partial charge in [-0.25, -0.2) is 0 Å². The summed E-state index contributed by atoms with van der Waals surface area (Å²) in [5, 5.41) is 11.8. The second-order valence-corrected chi connectivity index (χ2v) is 9.80. The summed E-state index contributed by atoms with van der Waals surface area (Å²) in [6, 6.07) is 9.73. The standard InChI is InChI=1S/C25H25F3N4O2S/c26-25(27,28)20-13-17(15-30-21(20)14-29)31-22(33)24(11-4-12-24)32(23(31)35)16-7-9-19(10-8-16)34-18-5-2-1-3-6-18/h1-3,5-6,13,15-16,19,21,30H,4,7-12H2/t16-,19-,21?. The molecule has 1 saturated heterocycles. The van der Waals surface area contributed by atoms with Crippen LogP contribution in [0, 0.1) is 11.3 Å². The van der Waals surface area contributed by atoms with Crippen LogP contribution in [0.3, 0.4) is 0 Å². The number of halogens is 3. The Kier molecular flexibility index (Phi) is 5.99. The zero-order valence-corrected chi connectivity index (χ0v) is 19.7. The molecule has 2 saturated carbocycles. The highest BCUT2D eigenvalue weighted by molar-refractivity contribution is 7.80. The molecule has 35 heavy (non-hydrogen) atoms. The van der Waals surface area contributed by atoms with E-state index in [0.717, 1.165) is 43.9 Å². The molecule has 0 radical (unpaired) electrons. The summed E-state index contributed by atoms with van der Waals surface area (Å²) < 4.78 is 46.8. The highest BCUT2D eigenvalue weighted by atomic mass is 32.1. The molecule has 2 aliphatic heterocycles. The van der Waals surface area contributed by atoms with E-state index in [4.69, 9.17) is 22.2 Å². The molecule has 1 amide bonds. The number of hydrogen-bond acceptors (Lipinski definition) is 5. The molecule has 1 aromatic rings. The van der Waals surface area contributed by atoms with Crippen molar-refractivity contribution in [3.8, 4) is 11.8 Å². The molecular weight excluding hydrogens is 477 g/mol. The highest BCUT2D eigenvalue weighted by Gasteiger charge is 2.61. The highest BCUT2D eigenvalue weighted by Crippen LogP contribution is 2.49. The number of para-hydroxylation sites is 1. The first-order chi connectivity index (χ1) is 16.7. The Labute approximate surface area is 207 Å². The van der Waals surface area contributed by atoms with Crippen LogP contribution in [0.1, 0.15) is 44.9 Å². The quantitative estimate of drug-likeness (QED) is 0.610. The molecule has 5 rings (SSSR count). The number of dihydropyridines is 1. The van der Waals surface area contributed by atoms with Gasteiger partial charge < -0.3 is 15.0 Å². The third-order valence-electron chi connectivity index (χ3n) is 7.42. The van der Waals surface area contributed by atoms with Gasteiger partial charge in [0.2, 0.25) is 0 Å². The number of benzene rings is 1. The van der Waals surface area contributed by atoms with Gasteiger partial charge in [-0.1, -0.05) is 18.2 Å². The molecule has 1 unspecified atom stereocenters. The van der Waals surface area contributed by atoms with E-state index in [1.54, 1.807) is 6.07 Å². The third-order valence-corrected chi connectivity index (χ3v) is 7.80. The number of nitrogens with zero attached hydrogens (tertiary/aromatic N) is 3. The van der Waals surface area contributed by atoms with Crippen molar-refractivity contribution in [3.05, 3.63) is 53.9 Å². The Balaban J connectivity index is 1.36. The van der Waals surface area contributed by atoms with Crippen molar-refractivity contribution in [3.63, 3.8) is 0 Å². The average Bonchev–Trinajstić information content (AvgIpc) is 3.06. The molecule has 10 heteroatoms. The lowest BCUT2D eigenvalue weighted by molar-refractivity contribution is -0.137. The number of allylic oxidation sites excluding steroid dienone is 1. The number of thiocarbonyl (C=S) groups is 1. The van der Waals surface area contributed by atoms with Crippen LogP contribution in [-0.2, 0) is 4.79 Å². The largest absolute Gasteiger partial charge is 0.490 e. The first-order valence-corrected chi connectivity index (χ1v) is 12.2.